The fraction of sp³-hybridized carbons (Fsp3) is 0.150. The van der Waals surface area contributed by atoms with E-state index in [9.17, 15) is 4.79 Å². The molecule has 0 spiro atoms. The number of carbonyl (C=O) groups is 1. The lowest BCUT2D eigenvalue weighted by Crippen LogP contribution is -2.27. The topological polar surface area (TPSA) is 54.9 Å². The Labute approximate surface area is 159 Å². The Balaban J connectivity index is 1.30. The van der Waals surface area contributed by atoms with Gasteiger partial charge in [0.2, 0.25) is 5.91 Å². The third-order valence-electron chi connectivity index (χ3n) is 4.03. The molecule has 1 amide bonds. The fourth-order valence-electron chi connectivity index (χ4n) is 2.80. The third kappa shape index (κ3) is 3.86. The second kappa shape index (κ2) is 7.85. The molecule has 4 rings (SSSR count). The molecular formula is C20H17N3OS2. The minimum absolute atomic E-state index is 0.0300. The number of fused-ring (bicyclic) bond motifs is 2. The molecule has 26 heavy (non-hydrogen) atoms. The van der Waals surface area contributed by atoms with Gasteiger partial charge in [0.1, 0.15) is 0 Å². The predicted molar refractivity (Wildman–Crippen MR) is 109 cm³/mol. The van der Waals surface area contributed by atoms with Gasteiger partial charge in [-0.1, -0.05) is 48.2 Å². The lowest BCUT2D eigenvalue weighted by Gasteiger charge is -2.07. The number of para-hydroxylation sites is 2. The zero-order chi connectivity index (χ0) is 17.8. The van der Waals surface area contributed by atoms with Crippen LogP contribution in [0.1, 0.15) is 5.56 Å². The van der Waals surface area contributed by atoms with E-state index >= 15 is 0 Å². The Morgan fingerprint density at radius 1 is 1.08 bits per heavy atom. The van der Waals surface area contributed by atoms with Crippen molar-refractivity contribution >= 4 is 50.1 Å². The van der Waals surface area contributed by atoms with Gasteiger partial charge in [-0.2, -0.15) is 0 Å². The first-order valence-electron chi connectivity index (χ1n) is 8.37. The third-order valence-corrected chi connectivity index (χ3v) is 6.21. The van der Waals surface area contributed by atoms with E-state index in [4.69, 9.17) is 0 Å². The molecule has 130 valence electrons. The number of nitrogens with one attached hydrogen (secondary N) is 1. The average Bonchev–Trinajstić information content (AvgIpc) is 3.10. The van der Waals surface area contributed by atoms with Gasteiger partial charge in [-0.3, -0.25) is 9.78 Å². The zero-order valence-corrected chi connectivity index (χ0v) is 15.6. The van der Waals surface area contributed by atoms with Crippen LogP contribution in [0.2, 0.25) is 0 Å². The molecule has 4 aromatic rings. The van der Waals surface area contributed by atoms with Gasteiger partial charge in [0, 0.05) is 18.1 Å². The van der Waals surface area contributed by atoms with Gasteiger partial charge in [0.15, 0.2) is 4.34 Å². The monoisotopic (exact) mass is 379 g/mol. The summed E-state index contributed by atoms with van der Waals surface area (Å²) < 4.78 is 2.08. The number of aromatic nitrogens is 2. The molecule has 0 fully saturated rings. The summed E-state index contributed by atoms with van der Waals surface area (Å²) in [5.41, 5.74) is 3.15. The van der Waals surface area contributed by atoms with Gasteiger partial charge in [-0.05, 0) is 30.2 Å². The van der Waals surface area contributed by atoms with Crippen LogP contribution in [0.15, 0.2) is 65.1 Å². The quantitative estimate of drug-likeness (QED) is 0.508. The molecule has 0 aliphatic rings. The summed E-state index contributed by atoms with van der Waals surface area (Å²) in [4.78, 5) is 21.1. The molecule has 0 aliphatic heterocycles. The van der Waals surface area contributed by atoms with Gasteiger partial charge in [-0.15, -0.1) is 11.3 Å². The van der Waals surface area contributed by atoms with Crippen LogP contribution in [0.5, 0.6) is 0 Å². The van der Waals surface area contributed by atoms with Crippen LogP contribution in [0, 0.1) is 0 Å². The van der Waals surface area contributed by atoms with Gasteiger partial charge >= 0.3 is 0 Å². The number of benzene rings is 2. The number of pyridine rings is 1. The first kappa shape index (κ1) is 17.0. The van der Waals surface area contributed by atoms with Crippen molar-refractivity contribution in [1.29, 1.82) is 0 Å². The van der Waals surface area contributed by atoms with Crippen molar-refractivity contribution in [2.75, 3.05) is 12.3 Å². The molecule has 1 N–H and O–H groups in total. The highest BCUT2D eigenvalue weighted by atomic mass is 32.2. The Kier molecular flexibility index (Phi) is 5.13. The van der Waals surface area contributed by atoms with E-state index < -0.39 is 0 Å². The normalized spacial score (nSPS) is 11.1. The van der Waals surface area contributed by atoms with Crippen LogP contribution in [0.25, 0.3) is 21.1 Å². The summed E-state index contributed by atoms with van der Waals surface area (Å²) in [6.45, 7) is 0.606. The maximum absolute atomic E-state index is 12.1. The smallest absolute Gasteiger partial charge is 0.230 e. The Bertz CT molecular complexity index is 1020. The number of hydrogen-bond donors (Lipinski definition) is 1. The van der Waals surface area contributed by atoms with Crippen molar-refractivity contribution in [3.05, 3.63) is 66.4 Å². The maximum Gasteiger partial charge on any atom is 0.230 e. The highest BCUT2D eigenvalue weighted by Crippen LogP contribution is 2.29. The van der Waals surface area contributed by atoms with E-state index in [0.717, 1.165) is 37.4 Å². The van der Waals surface area contributed by atoms with Gasteiger partial charge in [0.25, 0.3) is 0 Å². The number of thioether (sulfide) groups is 1. The molecule has 0 saturated carbocycles. The van der Waals surface area contributed by atoms with Crippen LogP contribution in [-0.4, -0.2) is 28.2 Å². The summed E-state index contributed by atoms with van der Waals surface area (Å²) in [6, 6.07) is 18.2. The summed E-state index contributed by atoms with van der Waals surface area (Å²) in [6.07, 6.45) is 2.57. The van der Waals surface area contributed by atoms with Gasteiger partial charge in [-0.25, -0.2) is 4.98 Å². The van der Waals surface area contributed by atoms with E-state index in [1.165, 1.54) is 11.8 Å². The van der Waals surface area contributed by atoms with Crippen molar-refractivity contribution in [3.8, 4) is 0 Å². The van der Waals surface area contributed by atoms with Crippen molar-refractivity contribution in [2.24, 2.45) is 0 Å². The molecular weight excluding hydrogens is 362 g/mol. The van der Waals surface area contributed by atoms with E-state index in [-0.39, 0.29) is 5.91 Å². The standard InChI is InChI=1S/C20H17N3OS2/c24-18(13-25-20-23-16-8-1-2-9-17(16)26-20)21-12-10-15-6-3-5-14-7-4-11-22-19(14)15/h1-9,11H,10,12-13H2,(H,21,24). The van der Waals surface area contributed by atoms with Gasteiger partial charge < -0.3 is 5.32 Å². The predicted octanol–water partition coefficient (Wildman–Crippen LogP) is 4.30. The second-order valence-corrected chi connectivity index (χ2v) is 8.08. The highest BCUT2D eigenvalue weighted by molar-refractivity contribution is 8.01. The number of amides is 1. The van der Waals surface area contributed by atoms with E-state index in [1.807, 2.05) is 30.3 Å². The van der Waals surface area contributed by atoms with Gasteiger partial charge in [0.05, 0.1) is 21.5 Å². The van der Waals surface area contributed by atoms with E-state index in [1.54, 1.807) is 17.5 Å². The van der Waals surface area contributed by atoms with Crippen molar-refractivity contribution < 1.29 is 4.79 Å². The van der Waals surface area contributed by atoms with Crippen LogP contribution in [0.3, 0.4) is 0 Å². The molecule has 2 heterocycles. The Hall–Kier alpha value is -2.44. The number of hydrogen-bond acceptors (Lipinski definition) is 5. The molecule has 0 radical (unpaired) electrons. The fourth-order valence-corrected chi connectivity index (χ4v) is 4.70. The van der Waals surface area contributed by atoms with E-state index in [0.29, 0.717) is 12.3 Å². The number of nitrogens with zero attached hydrogens (tertiary/aromatic N) is 2. The van der Waals surface area contributed by atoms with Crippen LogP contribution >= 0.6 is 23.1 Å². The Morgan fingerprint density at radius 2 is 1.96 bits per heavy atom. The summed E-state index contributed by atoms with van der Waals surface area (Å²) in [5, 5.41) is 4.12. The molecule has 0 aliphatic carbocycles. The molecule has 2 aromatic heterocycles. The van der Waals surface area contributed by atoms with Crippen molar-refractivity contribution in [3.63, 3.8) is 0 Å². The molecule has 0 saturated heterocycles. The minimum Gasteiger partial charge on any atom is -0.355 e. The summed E-state index contributed by atoms with van der Waals surface area (Å²) in [5.74, 6) is 0.413. The van der Waals surface area contributed by atoms with Crippen LogP contribution < -0.4 is 5.32 Å². The highest BCUT2D eigenvalue weighted by Gasteiger charge is 2.08. The molecule has 0 unspecified atom stereocenters. The van der Waals surface area contributed by atoms with E-state index in [2.05, 4.69) is 39.6 Å². The molecule has 2 aromatic carbocycles. The maximum atomic E-state index is 12.1. The second-order valence-electron chi connectivity index (χ2n) is 5.83. The lowest BCUT2D eigenvalue weighted by atomic mass is 10.1. The summed E-state index contributed by atoms with van der Waals surface area (Å²) in [7, 11) is 0. The number of rotatable bonds is 6. The van der Waals surface area contributed by atoms with Crippen molar-refractivity contribution in [2.45, 2.75) is 10.8 Å². The van der Waals surface area contributed by atoms with Crippen molar-refractivity contribution in [1.82, 2.24) is 15.3 Å². The zero-order valence-electron chi connectivity index (χ0n) is 14.0. The largest absolute Gasteiger partial charge is 0.355 e. The SMILES string of the molecule is O=C(CSc1nc2ccccc2s1)NCCc1cccc2cccnc12. The average molecular weight is 380 g/mol. The molecule has 0 bridgehead atoms. The summed E-state index contributed by atoms with van der Waals surface area (Å²) >= 11 is 3.11. The molecule has 6 heteroatoms. The first-order chi connectivity index (χ1) is 12.8. The Morgan fingerprint density at radius 3 is 2.88 bits per heavy atom. The van der Waals surface area contributed by atoms with Crippen LogP contribution in [-0.2, 0) is 11.2 Å². The number of thiazole rings is 1. The minimum atomic E-state index is 0.0300. The number of carbonyl (C=O) groups excluding carboxylic acids is 1. The first-order valence-corrected chi connectivity index (χ1v) is 10.2. The molecule has 4 nitrogen and oxygen atoms in total. The lowest BCUT2D eigenvalue weighted by molar-refractivity contribution is -0.118. The molecule has 0 atom stereocenters. The van der Waals surface area contributed by atoms with Crippen LogP contribution in [0.4, 0.5) is 0 Å².